The average Bonchev–Trinajstić information content (AvgIpc) is 3.25. The number of imidazole rings is 1. The van der Waals surface area contributed by atoms with Crippen LogP contribution in [0.15, 0.2) is 18.3 Å². The summed E-state index contributed by atoms with van der Waals surface area (Å²) in [6.07, 6.45) is 5.86. The zero-order chi connectivity index (χ0) is 15.5. The molecule has 1 fully saturated rings. The van der Waals surface area contributed by atoms with Gasteiger partial charge in [-0.1, -0.05) is 7.43 Å². The van der Waals surface area contributed by atoms with Crippen molar-refractivity contribution >= 4 is 11.4 Å². The summed E-state index contributed by atoms with van der Waals surface area (Å²) < 4.78 is 7.45. The van der Waals surface area contributed by atoms with Crippen LogP contribution >= 0.6 is 0 Å². The smallest absolute Gasteiger partial charge is 0.181 e. The number of rotatable bonds is 8. The third kappa shape index (κ3) is 3.91. The minimum atomic E-state index is 0. The van der Waals surface area contributed by atoms with Gasteiger partial charge >= 0.3 is 0 Å². The largest absolute Gasteiger partial charge is 0.490 e. The monoisotopic (exact) mass is 317 g/mol. The van der Waals surface area contributed by atoms with E-state index in [1.54, 1.807) is 0 Å². The second-order valence-electron chi connectivity index (χ2n) is 5.80. The van der Waals surface area contributed by atoms with Crippen molar-refractivity contribution in [1.82, 2.24) is 14.7 Å². The maximum absolute atomic E-state index is 12.5. The molecule has 1 N–H and O–H groups in total. The Kier molecular flexibility index (Phi) is 5.77. The fourth-order valence-electron chi connectivity index (χ4n) is 2.72. The van der Waals surface area contributed by atoms with Crippen LogP contribution in [-0.4, -0.2) is 34.4 Å². The van der Waals surface area contributed by atoms with Crippen LogP contribution in [0.1, 0.15) is 56.2 Å². The Bertz CT molecular complexity index is 674. The van der Waals surface area contributed by atoms with E-state index in [9.17, 15) is 4.79 Å². The van der Waals surface area contributed by atoms with Crippen molar-refractivity contribution in [2.24, 2.45) is 0 Å². The van der Waals surface area contributed by atoms with Gasteiger partial charge in [0.2, 0.25) is 0 Å². The lowest BCUT2D eigenvalue weighted by atomic mass is 10.1. The highest BCUT2D eigenvalue weighted by molar-refractivity contribution is 5.96. The molecule has 0 unspecified atom stereocenters. The number of aromatic nitrogens is 2. The highest BCUT2D eigenvalue weighted by atomic mass is 16.5. The maximum atomic E-state index is 12.5. The van der Waals surface area contributed by atoms with Crippen LogP contribution in [0.4, 0.5) is 0 Å². The van der Waals surface area contributed by atoms with Gasteiger partial charge in [0.05, 0.1) is 12.3 Å². The number of fused-ring (bicyclic) bond motifs is 1. The van der Waals surface area contributed by atoms with Gasteiger partial charge in [0, 0.05) is 18.7 Å². The van der Waals surface area contributed by atoms with E-state index in [1.165, 1.54) is 12.8 Å². The van der Waals surface area contributed by atoms with E-state index >= 15 is 0 Å². The molecule has 0 saturated heterocycles. The summed E-state index contributed by atoms with van der Waals surface area (Å²) >= 11 is 0. The van der Waals surface area contributed by atoms with E-state index in [4.69, 9.17) is 4.74 Å². The first-order valence-corrected chi connectivity index (χ1v) is 8.07. The minimum absolute atomic E-state index is 0. The normalized spacial score (nSPS) is 13.8. The number of ether oxygens (including phenoxy) is 1. The molecular formula is C18H27N3O2. The Hall–Kier alpha value is -1.88. The van der Waals surface area contributed by atoms with Crippen molar-refractivity contribution in [2.75, 3.05) is 13.2 Å². The predicted octanol–water partition coefficient (Wildman–Crippen LogP) is 3.39. The van der Waals surface area contributed by atoms with Crippen LogP contribution in [0.5, 0.6) is 5.75 Å². The molecule has 126 valence electrons. The number of carbonyl (C=O) groups is 1. The summed E-state index contributed by atoms with van der Waals surface area (Å²) in [6, 6.07) is 4.48. The maximum Gasteiger partial charge on any atom is 0.181 e. The summed E-state index contributed by atoms with van der Waals surface area (Å²) in [5.74, 6) is 0.874. The van der Waals surface area contributed by atoms with E-state index in [1.807, 2.05) is 36.6 Å². The molecule has 5 nitrogen and oxygen atoms in total. The Labute approximate surface area is 138 Å². The fourth-order valence-corrected chi connectivity index (χ4v) is 2.72. The van der Waals surface area contributed by atoms with Crippen LogP contribution in [0, 0.1) is 6.92 Å². The van der Waals surface area contributed by atoms with Crippen molar-refractivity contribution in [2.45, 2.75) is 53.0 Å². The molecule has 0 radical (unpaired) electrons. The molecule has 1 aliphatic rings. The van der Waals surface area contributed by atoms with Gasteiger partial charge in [-0.3, -0.25) is 9.20 Å². The van der Waals surface area contributed by atoms with Crippen LogP contribution in [-0.2, 0) is 0 Å². The molecule has 0 spiro atoms. The van der Waals surface area contributed by atoms with Gasteiger partial charge < -0.3 is 10.1 Å². The van der Waals surface area contributed by atoms with Gasteiger partial charge in [0.15, 0.2) is 17.2 Å². The van der Waals surface area contributed by atoms with Gasteiger partial charge in [-0.15, -0.1) is 0 Å². The zero-order valence-electron chi connectivity index (χ0n) is 13.3. The topological polar surface area (TPSA) is 55.6 Å². The zero-order valence-corrected chi connectivity index (χ0v) is 13.3. The molecule has 2 aromatic rings. The first-order chi connectivity index (χ1) is 10.7. The molecule has 0 aliphatic heterocycles. The molecule has 1 saturated carbocycles. The highest BCUT2D eigenvalue weighted by Gasteiger charge is 2.21. The molecule has 0 amide bonds. The number of pyridine rings is 1. The van der Waals surface area contributed by atoms with Crippen molar-refractivity contribution in [3.05, 3.63) is 29.7 Å². The van der Waals surface area contributed by atoms with Gasteiger partial charge in [-0.05, 0) is 51.8 Å². The van der Waals surface area contributed by atoms with Crippen molar-refractivity contribution < 1.29 is 9.53 Å². The Morgan fingerprint density at radius 3 is 2.96 bits per heavy atom. The van der Waals surface area contributed by atoms with Gasteiger partial charge in [0.25, 0.3) is 0 Å². The SMILES string of the molecule is C.CCOc1cccn2c(C(=O)CCCNC3CC3)c(C)nc12. The summed E-state index contributed by atoms with van der Waals surface area (Å²) in [7, 11) is 0. The number of nitrogens with zero attached hydrogens (tertiary/aromatic N) is 2. The molecule has 3 rings (SSSR count). The van der Waals surface area contributed by atoms with Crippen LogP contribution in [0.25, 0.3) is 5.65 Å². The van der Waals surface area contributed by atoms with Crippen molar-refractivity contribution in [3.8, 4) is 5.75 Å². The van der Waals surface area contributed by atoms with Gasteiger partial charge in [-0.2, -0.15) is 0 Å². The van der Waals surface area contributed by atoms with Gasteiger partial charge in [0.1, 0.15) is 5.69 Å². The summed E-state index contributed by atoms with van der Waals surface area (Å²) in [5.41, 5.74) is 2.18. The molecular weight excluding hydrogens is 290 g/mol. The van der Waals surface area contributed by atoms with Crippen LogP contribution in [0.2, 0.25) is 0 Å². The molecule has 2 heterocycles. The van der Waals surface area contributed by atoms with Crippen LogP contribution < -0.4 is 10.1 Å². The van der Waals surface area contributed by atoms with E-state index < -0.39 is 0 Å². The third-order valence-electron chi connectivity index (χ3n) is 3.94. The second kappa shape index (κ2) is 7.59. The number of hydrogen-bond donors (Lipinski definition) is 1. The first kappa shape index (κ1) is 17.5. The van der Waals surface area contributed by atoms with Crippen molar-refractivity contribution in [3.63, 3.8) is 0 Å². The highest BCUT2D eigenvalue weighted by Crippen LogP contribution is 2.23. The molecule has 0 aromatic carbocycles. The lowest BCUT2D eigenvalue weighted by molar-refractivity contribution is 0.0973. The molecule has 0 bridgehead atoms. The number of carbonyl (C=O) groups excluding carboxylic acids is 1. The first-order valence-electron chi connectivity index (χ1n) is 8.07. The van der Waals surface area contributed by atoms with Crippen LogP contribution in [0.3, 0.4) is 0 Å². The minimum Gasteiger partial charge on any atom is -0.490 e. The van der Waals surface area contributed by atoms with Gasteiger partial charge in [-0.25, -0.2) is 4.98 Å². The average molecular weight is 317 g/mol. The summed E-state index contributed by atoms with van der Waals surface area (Å²) in [4.78, 5) is 17.1. The number of hydrogen-bond acceptors (Lipinski definition) is 4. The molecule has 23 heavy (non-hydrogen) atoms. The Balaban J connectivity index is 0.00000192. The van der Waals surface area contributed by atoms with Crippen molar-refractivity contribution in [1.29, 1.82) is 0 Å². The van der Waals surface area contributed by atoms with E-state index in [0.29, 0.717) is 24.8 Å². The number of nitrogens with one attached hydrogen (secondary N) is 1. The quantitative estimate of drug-likeness (QED) is 0.599. The number of aryl methyl sites for hydroxylation is 1. The lowest BCUT2D eigenvalue weighted by Crippen LogP contribution is -2.18. The molecule has 1 aliphatic carbocycles. The van der Waals surface area contributed by atoms with E-state index in [-0.39, 0.29) is 13.2 Å². The Morgan fingerprint density at radius 2 is 2.26 bits per heavy atom. The standard InChI is InChI=1S/C17H23N3O2.CH4/c1-3-22-15-7-5-11-20-16(12(2)19-17(15)20)14(21)6-4-10-18-13-8-9-13;/h5,7,11,13,18H,3-4,6,8-10H2,1-2H3;1H4. The Morgan fingerprint density at radius 1 is 1.48 bits per heavy atom. The third-order valence-corrected chi connectivity index (χ3v) is 3.94. The molecule has 0 atom stereocenters. The summed E-state index contributed by atoms with van der Waals surface area (Å²) in [5, 5.41) is 3.44. The van der Waals surface area contributed by atoms with E-state index in [0.717, 1.165) is 30.1 Å². The fraction of sp³-hybridized carbons (Fsp3) is 0.556. The lowest BCUT2D eigenvalue weighted by Gasteiger charge is -2.06. The molecule has 2 aromatic heterocycles. The second-order valence-corrected chi connectivity index (χ2v) is 5.80. The predicted molar refractivity (Wildman–Crippen MR) is 92.4 cm³/mol. The van der Waals surface area contributed by atoms with E-state index in [2.05, 4.69) is 10.3 Å². The number of ketones is 1. The summed E-state index contributed by atoms with van der Waals surface area (Å²) in [6.45, 7) is 5.33. The molecule has 5 heteroatoms. The number of Topliss-reactive ketones (excluding diaryl/α,β-unsaturated/α-hetero) is 1.